The molecule has 1 aliphatic carbocycles. The molecule has 0 aliphatic heterocycles. The fourth-order valence-corrected chi connectivity index (χ4v) is 2.00. The molecule has 0 spiro atoms. The van der Waals surface area contributed by atoms with E-state index in [1.54, 1.807) is 6.07 Å². The number of hydrogen-bond acceptors (Lipinski definition) is 2. The summed E-state index contributed by atoms with van der Waals surface area (Å²) in [6, 6.07) is 7.70. The average molecular weight is 253 g/mol. The largest absolute Gasteiger partial charge is 0.375 e. The molecule has 1 aromatic carbocycles. The maximum Gasteiger partial charge on any atom is 0.239 e. The van der Waals surface area contributed by atoms with E-state index >= 15 is 0 Å². The van der Waals surface area contributed by atoms with Crippen LogP contribution < -0.4 is 10.6 Å². The summed E-state index contributed by atoms with van der Waals surface area (Å²) in [6.45, 7) is 2.33. The van der Waals surface area contributed by atoms with Gasteiger partial charge >= 0.3 is 0 Å². The molecule has 0 saturated heterocycles. The molecule has 0 heterocycles. The van der Waals surface area contributed by atoms with Crippen molar-refractivity contribution in [1.29, 1.82) is 0 Å². The number of amides is 1. The van der Waals surface area contributed by atoms with Crippen molar-refractivity contribution in [2.75, 3.05) is 11.9 Å². The van der Waals surface area contributed by atoms with Crippen LogP contribution in [0.25, 0.3) is 0 Å². The van der Waals surface area contributed by atoms with E-state index in [2.05, 4.69) is 17.6 Å². The lowest BCUT2D eigenvalue weighted by Crippen LogP contribution is -2.37. The van der Waals surface area contributed by atoms with Crippen molar-refractivity contribution in [3.8, 4) is 0 Å². The van der Waals surface area contributed by atoms with Crippen molar-refractivity contribution >= 4 is 23.2 Å². The molecule has 92 valence electrons. The molecule has 1 fully saturated rings. The van der Waals surface area contributed by atoms with E-state index in [4.69, 9.17) is 11.6 Å². The summed E-state index contributed by atoms with van der Waals surface area (Å²) in [5.74, 6) is 0.698. The van der Waals surface area contributed by atoms with Gasteiger partial charge in [0, 0.05) is 6.04 Å². The van der Waals surface area contributed by atoms with Crippen LogP contribution in [-0.4, -0.2) is 18.5 Å². The predicted octanol–water partition coefficient (Wildman–Crippen LogP) is 2.67. The monoisotopic (exact) mass is 252 g/mol. The maximum atomic E-state index is 11.7. The second-order valence-electron chi connectivity index (χ2n) is 4.53. The van der Waals surface area contributed by atoms with Gasteiger partial charge in [-0.25, -0.2) is 0 Å². The van der Waals surface area contributed by atoms with Crippen LogP contribution in [0.2, 0.25) is 5.02 Å². The van der Waals surface area contributed by atoms with Gasteiger partial charge in [-0.2, -0.15) is 0 Å². The highest BCUT2D eigenvalue weighted by molar-refractivity contribution is 6.33. The van der Waals surface area contributed by atoms with Crippen molar-refractivity contribution < 1.29 is 4.79 Å². The molecular formula is C13H17ClN2O. The molecule has 1 amide bonds. The van der Waals surface area contributed by atoms with Gasteiger partial charge in [-0.3, -0.25) is 4.79 Å². The molecule has 2 rings (SSSR count). The van der Waals surface area contributed by atoms with Crippen LogP contribution in [-0.2, 0) is 4.79 Å². The van der Waals surface area contributed by atoms with E-state index in [0.717, 1.165) is 5.69 Å². The Morgan fingerprint density at radius 2 is 2.18 bits per heavy atom. The van der Waals surface area contributed by atoms with Crippen LogP contribution >= 0.6 is 11.6 Å². The number of rotatable bonds is 5. The van der Waals surface area contributed by atoms with Gasteiger partial charge in [0.1, 0.15) is 0 Å². The topological polar surface area (TPSA) is 41.1 Å². The highest BCUT2D eigenvalue weighted by atomic mass is 35.5. The Morgan fingerprint density at radius 1 is 1.47 bits per heavy atom. The Labute approximate surface area is 107 Å². The molecule has 3 nitrogen and oxygen atoms in total. The standard InChI is InChI=1S/C13H17ClN2O/c1-9(10-6-7-10)16-13(17)8-15-12-5-3-2-4-11(12)14/h2-5,9-10,15H,6-8H2,1H3,(H,16,17). The van der Waals surface area contributed by atoms with Gasteiger partial charge in [0.15, 0.2) is 0 Å². The molecule has 2 N–H and O–H groups in total. The lowest BCUT2D eigenvalue weighted by Gasteiger charge is -2.13. The second kappa shape index (κ2) is 5.41. The summed E-state index contributed by atoms with van der Waals surface area (Å²) in [5.41, 5.74) is 0.795. The lowest BCUT2D eigenvalue weighted by molar-refractivity contribution is -0.120. The van der Waals surface area contributed by atoms with Gasteiger partial charge in [-0.15, -0.1) is 0 Å². The lowest BCUT2D eigenvalue weighted by atomic mass is 10.2. The van der Waals surface area contributed by atoms with E-state index in [9.17, 15) is 4.79 Å². The number of carbonyl (C=O) groups excluding carboxylic acids is 1. The average Bonchev–Trinajstić information content (AvgIpc) is 3.11. The Hall–Kier alpha value is -1.22. The minimum Gasteiger partial charge on any atom is -0.375 e. The van der Waals surface area contributed by atoms with E-state index in [0.29, 0.717) is 10.9 Å². The number of hydrogen-bond donors (Lipinski definition) is 2. The van der Waals surface area contributed by atoms with Crippen molar-refractivity contribution in [1.82, 2.24) is 5.32 Å². The number of nitrogens with one attached hydrogen (secondary N) is 2. The van der Waals surface area contributed by atoms with Crippen LogP contribution in [0.3, 0.4) is 0 Å². The normalized spacial score (nSPS) is 16.4. The van der Waals surface area contributed by atoms with E-state index in [1.165, 1.54) is 12.8 Å². The van der Waals surface area contributed by atoms with Gasteiger partial charge in [0.25, 0.3) is 0 Å². The number of para-hydroxylation sites is 1. The Morgan fingerprint density at radius 3 is 2.82 bits per heavy atom. The highest BCUT2D eigenvalue weighted by Crippen LogP contribution is 2.32. The maximum absolute atomic E-state index is 11.7. The van der Waals surface area contributed by atoms with E-state index < -0.39 is 0 Å². The summed E-state index contributed by atoms with van der Waals surface area (Å²) < 4.78 is 0. The molecular weight excluding hydrogens is 236 g/mol. The minimum absolute atomic E-state index is 0.0179. The van der Waals surface area contributed by atoms with E-state index in [1.807, 2.05) is 18.2 Å². The molecule has 0 bridgehead atoms. The van der Waals surface area contributed by atoms with Gasteiger partial charge in [-0.05, 0) is 37.8 Å². The second-order valence-corrected chi connectivity index (χ2v) is 4.93. The van der Waals surface area contributed by atoms with Gasteiger partial charge in [0.05, 0.1) is 17.3 Å². The molecule has 17 heavy (non-hydrogen) atoms. The first-order chi connectivity index (χ1) is 8.16. The van der Waals surface area contributed by atoms with Crippen molar-refractivity contribution in [3.05, 3.63) is 29.3 Å². The zero-order valence-electron chi connectivity index (χ0n) is 9.87. The van der Waals surface area contributed by atoms with Crippen LogP contribution in [0.15, 0.2) is 24.3 Å². The zero-order valence-corrected chi connectivity index (χ0v) is 10.6. The zero-order chi connectivity index (χ0) is 12.3. The third-order valence-electron chi connectivity index (χ3n) is 3.03. The van der Waals surface area contributed by atoms with Gasteiger partial charge < -0.3 is 10.6 Å². The molecule has 1 saturated carbocycles. The fourth-order valence-electron chi connectivity index (χ4n) is 1.80. The summed E-state index contributed by atoms with van der Waals surface area (Å²) in [5, 5.41) is 6.66. The molecule has 4 heteroatoms. The summed E-state index contributed by atoms with van der Waals surface area (Å²) in [7, 11) is 0. The molecule has 1 aliphatic rings. The fraction of sp³-hybridized carbons (Fsp3) is 0.462. The van der Waals surface area contributed by atoms with Crippen molar-refractivity contribution in [2.45, 2.75) is 25.8 Å². The highest BCUT2D eigenvalue weighted by Gasteiger charge is 2.28. The van der Waals surface area contributed by atoms with Crippen molar-refractivity contribution in [2.24, 2.45) is 5.92 Å². The third-order valence-corrected chi connectivity index (χ3v) is 3.36. The number of halogens is 1. The third kappa shape index (κ3) is 3.63. The Kier molecular flexibility index (Phi) is 3.89. The molecule has 0 aromatic heterocycles. The number of anilines is 1. The first kappa shape index (κ1) is 12.2. The van der Waals surface area contributed by atoms with Crippen LogP contribution in [0, 0.1) is 5.92 Å². The summed E-state index contributed by atoms with van der Waals surface area (Å²) >= 11 is 5.98. The first-order valence-corrected chi connectivity index (χ1v) is 6.32. The first-order valence-electron chi connectivity index (χ1n) is 5.94. The molecule has 0 radical (unpaired) electrons. The van der Waals surface area contributed by atoms with Crippen LogP contribution in [0.1, 0.15) is 19.8 Å². The van der Waals surface area contributed by atoms with Gasteiger partial charge in [0.2, 0.25) is 5.91 Å². The van der Waals surface area contributed by atoms with Crippen LogP contribution in [0.5, 0.6) is 0 Å². The van der Waals surface area contributed by atoms with Crippen molar-refractivity contribution in [3.63, 3.8) is 0 Å². The number of benzene rings is 1. The number of carbonyl (C=O) groups is 1. The quantitative estimate of drug-likeness (QED) is 0.846. The van der Waals surface area contributed by atoms with Gasteiger partial charge in [-0.1, -0.05) is 23.7 Å². The Balaban J connectivity index is 1.77. The predicted molar refractivity (Wildman–Crippen MR) is 70.3 cm³/mol. The summed E-state index contributed by atoms with van der Waals surface area (Å²) in [4.78, 5) is 11.7. The summed E-state index contributed by atoms with van der Waals surface area (Å²) in [6.07, 6.45) is 2.47. The minimum atomic E-state index is 0.0179. The SMILES string of the molecule is CC(NC(=O)CNc1ccccc1Cl)C1CC1. The van der Waals surface area contributed by atoms with Crippen LogP contribution in [0.4, 0.5) is 5.69 Å². The van der Waals surface area contributed by atoms with E-state index in [-0.39, 0.29) is 18.5 Å². The smallest absolute Gasteiger partial charge is 0.239 e. The molecule has 1 aromatic rings. The molecule has 1 unspecified atom stereocenters. The Bertz CT molecular complexity index is 404. The molecule has 1 atom stereocenters.